The summed E-state index contributed by atoms with van der Waals surface area (Å²) in [7, 11) is 0. The van der Waals surface area contributed by atoms with Crippen molar-refractivity contribution in [2.75, 3.05) is 5.75 Å². The van der Waals surface area contributed by atoms with Crippen LogP contribution in [-0.2, 0) is 18.7 Å². The maximum atomic E-state index is 4.83. The highest BCUT2D eigenvalue weighted by Gasteiger charge is 2.21. The van der Waals surface area contributed by atoms with Crippen LogP contribution in [0.15, 0.2) is 0 Å². The maximum absolute atomic E-state index is 4.83. The molecular weight excluding hydrogens is 260 g/mol. The first-order valence-corrected chi connectivity index (χ1v) is 9.09. The Morgan fingerprint density at radius 1 is 1.33 bits per heavy atom. The van der Waals surface area contributed by atoms with E-state index in [1.54, 1.807) is 0 Å². The average Bonchev–Trinajstić information content (AvgIpc) is 3.11. The molecule has 0 spiro atoms. The standard InChI is InChI=1S/C14H24N2S2/c1-3-5-12-13(9-15-11-6-7-11)18-14(16-12)10-17-8-4-2/h11,15H,3-10H2,1-2H3. The van der Waals surface area contributed by atoms with Crippen LogP contribution in [0.5, 0.6) is 0 Å². The zero-order chi connectivity index (χ0) is 12.8. The Kier molecular flexibility index (Phi) is 5.99. The molecule has 2 nitrogen and oxygen atoms in total. The molecule has 1 fully saturated rings. The quantitative estimate of drug-likeness (QED) is 0.694. The van der Waals surface area contributed by atoms with Gasteiger partial charge < -0.3 is 5.32 Å². The second kappa shape index (κ2) is 7.51. The molecule has 1 heterocycles. The van der Waals surface area contributed by atoms with Crippen molar-refractivity contribution in [2.24, 2.45) is 0 Å². The van der Waals surface area contributed by atoms with Gasteiger partial charge in [-0.25, -0.2) is 4.98 Å². The van der Waals surface area contributed by atoms with Crippen molar-refractivity contribution in [3.63, 3.8) is 0 Å². The van der Waals surface area contributed by atoms with E-state index in [1.807, 2.05) is 23.1 Å². The van der Waals surface area contributed by atoms with Gasteiger partial charge in [0.05, 0.1) is 5.69 Å². The van der Waals surface area contributed by atoms with Crippen molar-refractivity contribution in [1.29, 1.82) is 0 Å². The normalized spacial score (nSPS) is 15.2. The van der Waals surface area contributed by atoms with Crippen LogP contribution in [0.4, 0.5) is 0 Å². The molecule has 0 aliphatic heterocycles. The first kappa shape index (κ1) is 14.4. The lowest BCUT2D eigenvalue weighted by atomic mass is 10.2. The molecule has 1 aromatic heterocycles. The molecule has 1 saturated carbocycles. The van der Waals surface area contributed by atoms with Crippen molar-refractivity contribution < 1.29 is 0 Å². The molecule has 1 aliphatic rings. The molecule has 0 amide bonds. The van der Waals surface area contributed by atoms with E-state index in [9.17, 15) is 0 Å². The van der Waals surface area contributed by atoms with E-state index in [4.69, 9.17) is 4.98 Å². The summed E-state index contributed by atoms with van der Waals surface area (Å²) in [4.78, 5) is 6.31. The molecule has 0 bridgehead atoms. The minimum atomic E-state index is 0.791. The van der Waals surface area contributed by atoms with Crippen LogP contribution in [0.2, 0.25) is 0 Å². The van der Waals surface area contributed by atoms with Crippen LogP contribution in [0.25, 0.3) is 0 Å². The number of nitrogens with one attached hydrogen (secondary N) is 1. The molecule has 0 saturated heterocycles. The first-order chi connectivity index (χ1) is 8.83. The third-order valence-corrected chi connectivity index (χ3v) is 5.47. The second-order valence-electron chi connectivity index (χ2n) is 4.94. The second-order valence-corrected chi connectivity index (χ2v) is 7.21. The van der Waals surface area contributed by atoms with Gasteiger partial charge in [0.2, 0.25) is 0 Å². The Bertz CT molecular complexity index is 359. The van der Waals surface area contributed by atoms with Crippen LogP contribution in [0.3, 0.4) is 0 Å². The monoisotopic (exact) mass is 284 g/mol. The lowest BCUT2D eigenvalue weighted by molar-refractivity contribution is 0.686. The van der Waals surface area contributed by atoms with Gasteiger partial charge in [-0.1, -0.05) is 20.3 Å². The van der Waals surface area contributed by atoms with Gasteiger partial charge in [-0.3, -0.25) is 0 Å². The highest BCUT2D eigenvalue weighted by Crippen LogP contribution is 2.26. The molecule has 1 aromatic rings. The van der Waals surface area contributed by atoms with Gasteiger partial charge in [0.15, 0.2) is 0 Å². The third-order valence-electron chi connectivity index (χ3n) is 3.01. The first-order valence-electron chi connectivity index (χ1n) is 7.12. The van der Waals surface area contributed by atoms with Gasteiger partial charge in [-0.2, -0.15) is 11.8 Å². The number of thiazole rings is 1. The summed E-state index contributed by atoms with van der Waals surface area (Å²) in [6.45, 7) is 5.52. The largest absolute Gasteiger partial charge is 0.309 e. The summed E-state index contributed by atoms with van der Waals surface area (Å²) in [5.74, 6) is 2.34. The number of nitrogens with zero attached hydrogens (tertiary/aromatic N) is 1. The van der Waals surface area contributed by atoms with Crippen molar-refractivity contribution >= 4 is 23.1 Å². The molecule has 18 heavy (non-hydrogen) atoms. The summed E-state index contributed by atoms with van der Waals surface area (Å²) in [5.41, 5.74) is 1.35. The van der Waals surface area contributed by atoms with E-state index in [2.05, 4.69) is 19.2 Å². The van der Waals surface area contributed by atoms with Crippen LogP contribution < -0.4 is 5.32 Å². The van der Waals surface area contributed by atoms with E-state index in [1.165, 1.54) is 47.0 Å². The summed E-state index contributed by atoms with van der Waals surface area (Å²) in [6.07, 6.45) is 6.31. The Hall–Kier alpha value is -0.0600. The molecule has 1 N–H and O–H groups in total. The fourth-order valence-electron chi connectivity index (χ4n) is 1.90. The van der Waals surface area contributed by atoms with Gasteiger partial charge in [-0.05, 0) is 31.4 Å². The molecule has 0 unspecified atom stereocenters. The SMILES string of the molecule is CCCSCc1nc(CCC)c(CNC2CC2)s1. The number of hydrogen-bond donors (Lipinski definition) is 1. The fraction of sp³-hybridized carbons (Fsp3) is 0.786. The molecule has 1 aliphatic carbocycles. The van der Waals surface area contributed by atoms with Crippen LogP contribution in [-0.4, -0.2) is 16.8 Å². The number of aryl methyl sites for hydroxylation is 1. The highest BCUT2D eigenvalue weighted by molar-refractivity contribution is 7.98. The lowest BCUT2D eigenvalue weighted by Gasteiger charge is -2.01. The highest BCUT2D eigenvalue weighted by atomic mass is 32.2. The van der Waals surface area contributed by atoms with Gasteiger partial charge in [-0.15, -0.1) is 11.3 Å². The minimum absolute atomic E-state index is 0.791. The molecular formula is C14H24N2S2. The maximum Gasteiger partial charge on any atom is 0.103 e. The smallest absolute Gasteiger partial charge is 0.103 e. The number of rotatable bonds is 9. The van der Waals surface area contributed by atoms with Crippen LogP contribution in [0, 0.1) is 0 Å². The summed E-state index contributed by atoms with van der Waals surface area (Å²) in [5, 5.41) is 4.94. The summed E-state index contributed by atoms with van der Waals surface area (Å²) >= 11 is 3.94. The van der Waals surface area contributed by atoms with E-state index >= 15 is 0 Å². The lowest BCUT2D eigenvalue weighted by Crippen LogP contribution is -2.15. The Morgan fingerprint density at radius 3 is 2.83 bits per heavy atom. The van der Waals surface area contributed by atoms with Gasteiger partial charge in [0.1, 0.15) is 5.01 Å². The number of aromatic nitrogens is 1. The summed E-state index contributed by atoms with van der Waals surface area (Å²) in [6, 6.07) is 0.791. The van der Waals surface area contributed by atoms with E-state index in [0.717, 1.165) is 24.8 Å². The zero-order valence-electron chi connectivity index (χ0n) is 11.5. The topological polar surface area (TPSA) is 24.9 Å². The molecule has 2 rings (SSSR count). The van der Waals surface area contributed by atoms with Crippen LogP contribution in [0.1, 0.15) is 55.1 Å². The number of hydrogen-bond acceptors (Lipinski definition) is 4. The van der Waals surface area contributed by atoms with Crippen molar-refractivity contribution in [2.45, 2.75) is 64.3 Å². The Labute approximate surface area is 119 Å². The van der Waals surface area contributed by atoms with Crippen molar-refractivity contribution in [3.8, 4) is 0 Å². The fourth-order valence-corrected chi connectivity index (χ4v) is 3.92. The number of thioether (sulfide) groups is 1. The predicted octanol–water partition coefficient (Wildman–Crippen LogP) is 3.99. The third kappa shape index (κ3) is 4.56. The van der Waals surface area contributed by atoms with Gasteiger partial charge in [0.25, 0.3) is 0 Å². The molecule has 102 valence electrons. The van der Waals surface area contributed by atoms with E-state index in [-0.39, 0.29) is 0 Å². The Balaban J connectivity index is 1.90. The Morgan fingerprint density at radius 2 is 2.17 bits per heavy atom. The average molecular weight is 284 g/mol. The van der Waals surface area contributed by atoms with E-state index in [0.29, 0.717) is 0 Å². The van der Waals surface area contributed by atoms with Crippen molar-refractivity contribution in [1.82, 2.24) is 10.3 Å². The minimum Gasteiger partial charge on any atom is -0.309 e. The molecule has 0 atom stereocenters. The zero-order valence-corrected chi connectivity index (χ0v) is 13.1. The van der Waals surface area contributed by atoms with Gasteiger partial charge in [0, 0.05) is 23.2 Å². The molecule has 4 heteroatoms. The van der Waals surface area contributed by atoms with Crippen LogP contribution >= 0.6 is 23.1 Å². The van der Waals surface area contributed by atoms with E-state index < -0.39 is 0 Å². The molecule has 0 radical (unpaired) electrons. The molecule has 0 aromatic carbocycles. The predicted molar refractivity (Wildman–Crippen MR) is 82.4 cm³/mol. The van der Waals surface area contributed by atoms with Gasteiger partial charge >= 0.3 is 0 Å². The van der Waals surface area contributed by atoms with Crippen molar-refractivity contribution in [3.05, 3.63) is 15.6 Å². The summed E-state index contributed by atoms with van der Waals surface area (Å²) < 4.78 is 0.